The van der Waals surface area contributed by atoms with Gasteiger partial charge >= 0.3 is 5.97 Å². The van der Waals surface area contributed by atoms with Crippen molar-refractivity contribution >= 4 is 35.0 Å². The number of carbonyl (C=O) groups is 2. The second kappa shape index (κ2) is 7.76. The number of ether oxygens (including phenoxy) is 1. The van der Waals surface area contributed by atoms with E-state index in [4.69, 9.17) is 27.9 Å². The minimum absolute atomic E-state index is 0.00122. The van der Waals surface area contributed by atoms with E-state index >= 15 is 0 Å². The molecule has 6 heteroatoms. The Hall–Kier alpha value is -2.04. The highest BCUT2D eigenvalue weighted by Gasteiger charge is 2.43. The number of esters is 1. The number of benzene rings is 1. The van der Waals surface area contributed by atoms with E-state index in [1.807, 2.05) is 6.92 Å². The molecule has 1 aliphatic heterocycles. The maximum atomic E-state index is 13.1. The van der Waals surface area contributed by atoms with Crippen LogP contribution in [0.2, 0.25) is 10.0 Å². The van der Waals surface area contributed by atoms with E-state index in [-0.39, 0.29) is 17.8 Å². The molecule has 0 bridgehead atoms. The van der Waals surface area contributed by atoms with Crippen molar-refractivity contribution in [2.75, 3.05) is 6.61 Å². The third-order valence-electron chi connectivity index (χ3n) is 5.08. The summed E-state index contributed by atoms with van der Waals surface area (Å²) in [7, 11) is 0. The standard InChI is InChI=1S/C22H23Cl2NO3/c1-5-9-28-21(27)17-12(2)25-15-10-22(3,4)11-16(26)19(15)18(17)13-7-6-8-14(23)20(13)24/h5-8,18,25H,1,9-11H2,2-4H3. The lowest BCUT2D eigenvalue weighted by atomic mass is 9.68. The Kier molecular flexibility index (Phi) is 5.74. The van der Waals surface area contributed by atoms with Gasteiger partial charge in [-0.15, -0.1) is 0 Å². The fourth-order valence-electron chi connectivity index (χ4n) is 3.97. The van der Waals surface area contributed by atoms with E-state index in [1.165, 1.54) is 6.08 Å². The zero-order valence-electron chi connectivity index (χ0n) is 16.2. The third kappa shape index (κ3) is 3.76. The normalized spacial score (nSPS) is 21.2. The Balaban J connectivity index is 2.21. The molecule has 0 amide bonds. The van der Waals surface area contributed by atoms with Crippen LogP contribution in [0, 0.1) is 5.41 Å². The Morgan fingerprint density at radius 3 is 2.75 bits per heavy atom. The van der Waals surface area contributed by atoms with Gasteiger partial charge in [-0.25, -0.2) is 4.79 Å². The SMILES string of the molecule is C=CCOC(=O)C1=C(C)NC2=C(C(=O)CC(C)(C)C2)C1c1cccc(Cl)c1Cl. The highest BCUT2D eigenvalue weighted by atomic mass is 35.5. The van der Waals surface area contributed by atoms with E-state index in [1.54, 1.807) is 18.2 Å². The summed E-state index contributed by atoms with van der Waals surface area (Å²) < 4.78 is 5.31. The summed E-state index contributed by atoms with van der Waals surface area (Å²) in [4.78, 5) is 26.0. The number of hydrogen-bond acceptors (Lipinski definition) is 4. The minimum Gasteiger partial charge on any atom is -0.458 e. The molecule has 148 valence electrons. The number of carbonyl (C=O) groups excluding carboxylic acids is 2. The molecule has 0 radical (unpaired) electrons. The van der Waals surface area contributed by atoms with Crippen LogP contribution in [0.1, 0.15) is 45.1 Å². The van der Waals surface area contributed by atoms with Crippen molar-refractivity contribution in [3.05, 3.63) is 69.0 Å². The van der Waals surface area contributed by atoms with E-state index < -0.39 is 11.9 Å². The van der Waals surface area contributed by atoms with E-state index in [9.17, 15) is 9.59 Å². The van der Waals surface area contributed by atoms with Crippen molar-refractivity contribution in [2.24, 2.45) is 5.41 Å². The van der Waals surface area contributed by atoms with E-state index in [0.717, 1.165) is 5.70 Å². The number of Topliss-reactive ketones (excluding diaryl/α,β-unsaturated/α-hetero) is 1. The highest BCUT2D eigenvalue weighted by Crippen LogP contribution is 2.48. The lowest BCUT2D eigenvalue weighted by Crippen LogP contribution is -2.38. The zero-order valence-corrected chi connectivity index (χ0v) is 17.7. The van der Waals surface area contributed by atoms with Crippen molar-refractivity contribution in [2.45, 2.75) is 39.5 Å². The third-order valence-corrected chi connectivity index (χ3v) is 5.92. The molecule has 1 aromatic rings. The van der Waals surface area contributed by atoms with Gasteiger partial charge in [-0.05, 0) is 30.4 Å². The van der Waals surface area contributed by atoms with Crippen LogP contribution in [0.3, 0.4) is 0 Å². The number of nitrogens with one attached hydrogen (secondary N) is 1. The summed E-state index contributed by atoms with van der Waals surface area (Å²) >= 11 is 12.7. The molecule has 4 nitrogen and oxygen atoms in total. The molecule has 0 spiro atoms. The number of hydrogen-bond donors (Lipinski definition) is 1. The first-order valence-corrected chi connectivity index (χ1v) is 9.88. The van der Waals surface area contributed by atoms with Crippen LogP contribution in [0.15, 0.2) is 53.4 Å². The molecule has 0 saturated heterocycles. The molecule has 1 heterocycles. The summed E-state index contributed by atoms with van der Waals surface area (Å²) in [6.45, 7) is 9.60. The lowest BCUT2D eigenvalue weighted by molar-refractivity contribution is -0.138. The molecule has 1 aromatic carbocycles. The predicted molar refractivity (Wildman–Crippen MR) is 111 cm³/mol. The minimum atomic E-state index is -0.622. The van der Waals surface area contributed by atoms with Gasteiger partial charge in [0.15, 0.2) is 5.78 Å². The number of rotatable bonds is 4. The second-order valence-corrected chi connectivity index (χ2v) is 8.75. The van der Waals surface area contributed by atoms with Gasteiger partial charge in [0, 0.05) is 29.3 Å². The molecule has 1 aliphatic carbocycles. The fourth-order valence-corrected chi connectivity index (χ4v) is 4.39. The number of dihydropyridines is 1. The molecule has 3 rings (SSSR count). The van der Waals surface area contributed by atoms with Crippen LogP contribution in [0.25, 0.3) is 0 Å². The van der Waals surface area contributed by atoms with Gasteiger partial charge in [0.05, 0.1) is 15.6 Å². The van der Waals surface area contributed by atoms with Gasteiger partial charge in [-0.2, -0.15) is 0 Å². The first-order valence-electron chi connectivity index (χ1n) is 9.12. The van der Waals surface area contributed by atoms with Crippen molar-refractivity contribution in [3.8, 4) is 0 Å². The molecule has 1 unspecified atom stereocenters. The molecule has 2 aliphatic rings. The maximum absolute atomic E-state index is 13.1. The Bertz CT molecular complexity index is 928. The van der Waals surface area contributed by atoms with Crippen molar-refractivity contribution < 1.29 is 14.3 Å². The average Bonchev–Trinajstić information content (AvgIpc) is 2.59. The van der Waals surface area contributed by atoms with Crippen molar-refractivity contribution in [1.29, 1.82) is 0 Å². The molecule has 28 heavy (non-hydrogen) atoms. The number of halogens is 2. The second-order valence-electron chi connectivity index (χ2n) is 7.96. The van der Waals surface area contributed by atoms with Crippen LogP contribution < -0.4 is 5.32 Å². The van der Waals surface area contributed by atoms with Gasteiger partial charge in [0.1, 0.15) is 6.61 Å². The molecule has 1 N–H and O–H groups in total. The van der Waals surface area contributed by atoms with Gasteiger partial charge in [-0.3, -0.25) is 4.79 Å². The van der Waals surface area contributed by atoms with Crippen LogP contribution >= 0.6 is 23.2 Å². The Labute approximate surface area is 175 Å². The van der Waals surface area contributed by atoms with Gasteiger partial charge in [-0.1, -0.05) is 61.8 Å². The van der Waals surface area contributed by atoms with Crippen molar-refractivity contribution in [3.63, 3.8) is 0 Å². The zero-order chi connectivity index (χ0) is 20.6. The van der Waals surface area contributed by atoms with Gasteiger partial charge < -0.3 is 10.1 Å². The summed E-state index contributed by atoms with van der Waals surface area (Å²) in [5, 5.41) is 3.99. The molecule has 1 atom stereocenters. The molecular formula is C22H23Cl2NO3. The van der Waals surface area contributed by atoms with Gasteiger partial charge in [0.2, 0.25) is 0 Å². The monoisotopic (exact) mass is 419 g/mol. The Morgan fingerprint density at radius 2 is 2.07 bits per heavy atom. The smallest absolute Gasteiger partial charge is 0.337 e. The van der Waals surface area contributed by atoms with E-state index in [0.29, 0.717) is 45.3 Å². The number of allylic oxidation sites excluding steroid dienone is 3. The maximum Gasteiger partial charge on any atom is 0.337 e. The van der Waals surface area contributed by atoms with Crippen LogP contribution in [0.5, 0.6) is 0 Å². The average molecular weight is 420 g/mol. The predicted octanol–water partition coefficient (Wildman–Crippen LogP) is 5.33. The quantitative estimate of drug-likeness (QED) is 0.529. The van der Waals surface area contributed by atoms with Crippen LogP contribution in [-0.4, -0.2) is 18.4 Å². The molecule has 0 aromatic heterocycles. The van der Waals surface area contributed by atoms with Crippen LogP contribution in [-0.2, 0) is 14.3 Å². The molecule has 0 saturated carbocycles. The number of ketones is 1. The first-order chi connectivity index (χ1) is 13.2. The summed E-state index contributed by atoms with van der Waals surface area (Å²) in [5.41, 5.74) is 2.89. The topological polar surface area (TPSA) is 55.4 Å². The summed E-state index contributed by atoms with van der Waals surface area (Å²) in [5.74, 6) is -1.13. The largest absolute Gasteiger partial charge is 0.458 e. The lowest BCUT2D eigenvalue weighted by Gasteiger charge is -2.39. The van der Waals surface area contributed by atoms with Gasteiger partial charge in [0.25, 0.3) is 0 Å². The summed E-state index contributed by atoms with van der Waals surface area (Å²) in [6.07, 6.45) is 2.61. The first kappa shape index (κ1) is 20.7. The fraction of sp³-hybridized carbons (Fsp3) is 0.364. The summed E-state index contributed by atoms with van der Waals surface area (Å²) in [6, 6.07) is 5.25. The molecular weight excluding hydrogens is 397 g/mol. The van der Waals surface area contributed by atoms with E-state index in [2.05, 4.69) is 25.7 Å². The van der Waals surface area contributed by atoms with Crippen molar-refractivity contribution in [1.82, 2.24) is 5.32 Å². The highest BCUT2D eigenvalue weighted by molar-refractivity contribution is 6.42. The van der Waals surface area contributed by atoms with Crippen LogP contribution in [0.4, 0.5) is 0 Å². The molecule has 0 fully saturated rings. The Morgan fingerprint density at radius 1 is 1.36 bits per heavy atom.